The third-order valence-corrected chi connectivity index (χ3v) is 3.10. The molecule has 0 N–H and O–H groups in total. The average molecular weight is 329 g/mol. The van der Waals surface area contributed by atoms with Crippen molar-refractivity contribution in [3.8, 4) is 0 Å². The van der Waals surface area contributed by atoms with E-state index in [-0.39, 0.29) is 12.4 Å². The summed E-state index contributed by atoms with van der Waals surface area (Å²) in [4.78, 5) is 3.25. The maximum atomic E-state index is 3.25. The van der Waals surface area contributed by atoms with Crippen molar-refractivity contribution in [2.45, 2.75) is 0 Å². The molecule has 0 nitrogen and oxygen atoms in total. The monoisotopic (exact) mass is 328 g/mol. The van der Waals surface area contributed by atoms with E-state index in [1.54, 1.807) is 20.0 Å². The zero-order valence-corrected chi connectivity index (χ0v) is 14.1. The van der Waals surface area contributed by atoms with E-state index in [4.69, 9.17) is 0 Å². The second kappa shape index (κ2) is 9.47. The van der Waals surface area contributed by atoms with Crippen molar-refractivity contribution in [2.75, 3.05) is 0 Å². The smallest absolute Gasteiger partial charge is 0.0809 e. The van der Waals surface area contributed by atoms with Crippen LogP contribution in [0.3, 0.4) is 0 Å². The van der Waals surface area contributed by atoms with E-state index in [1.807, 2.05) is 0 Å². The first kappa shape index (κ1) is 17.6. The third-order valence-electron chi connectivity index (χ3n) is 3.10. The summed E-state index contributed by atoms with van der Waals surface area (Å²) in [7, 11) is 0. The molecule has 0 aromatic heterocycles. The second-order valence-electron chi connectivity index (χ2n) is 4.31. The van der Waals surface area contributed by atoms with E-state index in [9.17, 15) is 0 Å². The Hall–Kier alpha value is -1.47. The molecular weight excluding hydrogens is 312 g/mol. The number of halogens is 1. The molecule has 4 aromatic carbocycles. The fraction of sp³-hybridized carbons (Fsp3) is 0. The summed E-state index contributed by atoms with van der Waals surface area (Å²) >= 11 is 1.75. The van der Waals surface area contributed by atoms with Crippen LogP contribution in [0.4, 0.5) is 0 Å². The molecular formula is C19H17ClTi. The minimum atomic E-state index is 0. The maximum Gasteiger partial charge on any atom is -0.0809 e. The zero-order valence-electron chi connectivity index (χ0n) is 11.7. The zero-order chi connectivity index (χ0) is 14.2. The Kier molecular flexibility index (Phi) is 7.93. The van der Waals surface area contributed by atoms with Crippen LogP contribution in [0.2, 0.25) is 0 Å². The Morgan fingerprint density at radius 1 is 0.619 bits per heavy atom. The van der Waals surface area contributed by atoms with Crippen LogP contribution in [0.1, 0.15) is 0 Å². The van der Waals surface area contributed by atoms with Gasteiger partial charge in [0.05, 0.1) is 0 Å². The molecule has 0 amide bonds. The standard InChI is InChI=1S/2C9H7.CH2.ClH.Ti/c2*1-2-5-9-7-3-6-8(9)4-1;;;/h2*1-7H;1H2;1H;/q2*-1;;;+2. The first-order valence-corrected chi connectivity index (χ1v) is 7.60. The number of hydrogen-bond donors (Lipinski definition) is 0. The van der Waals surface area contributed by atoms with Gasteiger partial charge in [0.25, 0.3) is 0 Å². The molecule has 0 aliphatic carbocycles. The molecule has 2 heteroatoms. The van der Waals surface area contributed by atoms with E-state index in [2.05, 4.69) is 89.7 Å². The number of fused-ring (bicyclic) bond motifs is 2. The summed E-state index contributed by atoms with van der Waals surface area (Å²) in [6.45, 7) is 0. The van der Waals surface area contributed by atoms with Gasteiger partial charge >= 0.3 is 24.8 Å². The molecule has 0 aliphatic rings. The maximum absolute atomic E-state index is 3.25. The van der Waals surface area contributed by atoms with Gasteiger partial charge in [-0.2, -0.15) is 35.0 Å². The molecule has 0 radical (unpaired) electrons. The van der Waals surface area contributed by atoms with E-state index >= 15 is 0 Å². The van der Waals surface area contributed by atoms with Crippen molar-refractivity contribution < 1.29 is 20.0 Å². The van der Waals surface area contributed by atoms with Crippen LogP contribution >= 0.6 is 12.4 Å². The Morgan fingerprint density at radius 2 is 1.00 bits per heavy atom. The van der Waals surface area contributed by atoms with E-state index in [0.29, 0.717) is 0 Å². The predicted molar refractivity (Wildman–Crippen MR) is 93.5 cm³/mol. The molecule has 4 aromatic rings. The average Bonchev–Trinajstić information content (AvgIpc) is 3.18. The normalized spacial score (nSPS) is 9.05. The molecule has 0 fully saturated rings. The van der Waals surface area contributed by atoms with Crippen LogP contribution in [0.15, 0.2) is 84.9 Å². The van der Waals surface area contributed by atoms with Gasteiger partial charge in [0.15, 0.2) is 0 Å². The molecule has 0 saturated carbocycles. The Morgan fingerprint density at radius 3 is 1.38 bits per heavy atom. The van der Waals surface area contributed by atoms with E-state index in [0.717, 1.165) is 0 Å². The van der Waals surface area contributed by atoms with Gasteiger partial charge < -0.3 is 0 Å². The molecule has 0 bridgehead atoms. The quantitative estimate of drug-likeness (QED) is 0.295. The third kappa shape index (κ3) is 4.79. The van der Waals surface area contributed by atoms with Crippen molar-refractivity contribution in [1.29, 1.82) is 0 Å². The van der Waals surface area contributed by atoms with E-state index in [1.165, 1.54) is 21.5 Å². The van der Waals surface area contributed by atoms with Gasteiger partial charge in [0.1, 0.15) is 0 Å². The Labute approximate surface area is 143 Å². The SMILES string of the molecule is Cl.[CH2]=[Ti+2].c1ccc2[cH-]ccc2c1.c1ccc2[cH-]ccc2c1. The topological polar surface area (TPSA) is 0 Å². The van der Waals surface area contributed by atoms with Crippen LogP contribution < -0.4 is 0 Å². The van der Waals surface area contributed by atoms with Gasteiger partial charge in [-0.1, -0.05) is 12.1 Å². The van der Waals surface area contributed by atoms with Gasteiger partial charge in [-0.3, -0.25) is 0 Å². The van der Waals surface area contributed by atoms with Crippen LogP contribution in [0.25, 0.3) is 21.5 Å². The minimum Gasteiger partial charge on any atom is -0.168 e. The number of benzene rings is 2. The van der Waals surface area contributed by atoms with Gasteiger partial charge in [-0.05, 0) is 0 Å². The number of hydrogen-bond acceptors (Lipinski definition) is 0. The minimum absolute atomic E-state index is 0. The van der Waals surface area contributed by atoms with Crippen molar-refractivity contribution in [3.05, 3.63) is 84.9 Å². The van der Waals surface area contributed by atoms with Crippen molar-refractivity contribution in [3.63, 3.8) is 0 Å². The molecule has 0 atom stereocenters. The van der Waals surface area contributed by atoms with Crippen LogP contribution in [-0.4, -0.2) is 4.82 Å². The summed E-state index contributed by atoms with van der Waals surface area (Å²) in [5.41, 5.74) is 0. The first-order valence-electron chi connectivity index (χ1n) is 6.50. The summed E-state index contributed by atoms with van der Waals surface area (Å²) in [5.74, 6) is 0. The summed E-state index contributed by atoms with van der Waals surface area (Å²) in [5, 5.41) is 5.32. The van der Waals surface area contributed by atoms with E-state index < -0.39 is 0 Å². The van der Waals surface area contributed by atoms with Crippen LogP contribution in [0, 0.1) is 0 Å². The fourth-order valence-corrected chi connectivity index (χ4v) is 2.14. The van der Waals surface area contributed by atoms with Crippen molar-refractivity contribution in [2.24, 2.45) is 0 Å². The summed E-state index contributed by atoms with van der Waals surface area (Å²) in [6, 6.07) is 29.3. The fourth-order valence-electron chi connectivity index (χ4n) is 2.14. The first-order chi connectivity index (χ1) is 9.93. The molecule has 0 aliphatic heterocycles. The molecule has 0 saturated heterocycles. The summed E-state index contributed by atoms with van der Waals surface area (Å²) < 4.78 is 0. The molecule has 4 rings (SSSR count). The predicted octanol–water partition coefficient (Wildman–Crippen LogP) is 5.50. The molecule has 0 spiro atoms. The number of rotatable bonds is 0. The molecule has 104 valence electrons. The van der Waals surface area contributed by atoms with Gasteiger partial charge in [0.2, 0.25) is 0 Å². The summed E-state index contributed by atoms with van der Waals surface area (Å²) in [6.07, 6.45) is 0. The Balaban J connectivity index is 0.000000181. The van der Waals surface area contributed by atoms with Crippen molar-refractivity contribution >= 4 is 38.8 Å². The van der Waals surface area contributed by atoms with Crippen LogP contribution in [0.5, 0.6) is 0 Å². The van der Waals surface area contributed by atoms with Gasteiger partial charge in [-0.25, -0.2) is 0 Å². The second-order valence-corrected chi connectivity index (χ2v) is 4.31. The van der Waals surface area contributed by atoms with Gasteiger partial charge in [-0.15, -0.1) is 71.7 Å². The molecule has 0 heterocycles. The van der Waals surface area contributed by atoms with Gasteiger partial charge in [0, 0.05) is 0 Å². The largest absolute Gasteiger partial charge is 0.168 e. The van der Waals surface area contributed by atoms with Crippen molar-refractivity contribution in [1.82, 2.24) is 0 Å². The molecule has 0 unspecified atom stereocenters. The Bertz CT molecular complexity index is 641. The van der Waals surface area contributed by atoms with Crippen LogP contribution in [-0.2, 0) is 20.0 Å². The molecule has 21 heavy (non-hydrogen) atoms.